The Morgan fingerprint density at radius 2 is 2.27 bits per heavy atom. The fourth-order valence-corrected chi connectivity index (χ4v) is 1.25. The van der Waals surface area contributed by atoms with Gasteiger partial charge in [-0.1, -0.05) is 23.7 Å². The van der Waals surface area contributed by atoms with E-state index in [9.17, 15) is 4.39 Å². The van der Waals surface area contributed by atoms with Gasteiger partial charge in [0.25, 0.3) is 0 Å². The van der Waals surface area contributed by atoms with Gasteiger partial charge in [0.1, 0.15) is 5.82 Å². The third-order valence-electron chi connectivity index (χ3n) is 1.29. The predicted octanol–water partition coefficient (Wildman–Crippen LogP) is 2.88. The highest BCUT2D eigenvalue weighted by atomic mass is 79.9. The van der Waals surface area contributed by atoms with Gasteiger partial charge in [0.15, 0.2) is 0 Å². The van der Waals surface area contributed by atoms with Gasteiger partial charge in [-0.05, 0) is 6.07 Å². The Balaban J connectivity index is 2.96. The molecule has 0 fully saturated rings. The first-order valence-electron chi connectivity index (χ1n) is 3.02. The van der Waals surface area contributed by atoms with E-state index in [1.54, 1.807) is 12.1 Å². The average Bonchev–Trinajstić information content (AvgIpc) is 1.99. The molecule has 0 saturated carbocycles. The highest BCUT2D eigenvalue weighted by molar-refractivity contribution is 9.08. The van der Waals surface area contributed by atoms with Crippen LogP contribution in [0.25, 0.3) is 0 Å². The Morgan fingerprint density at radius 1 is 1.55 bits per heavy atom. The number of hydrogen-bond acceptors (Lipinski definition) is 1. The topological polar surface area (TPSA) is 12.0 Å². The van der Waals surface area contributed by atoms with Gasteiger partial charge in [0.2, 0.25) is 0 Å². The van der Waals surface area contributed by atoms with Gasteiger partial charge >= 0.3 is 0 Å². The summed E-state index contributed by atoms with van der Waals surface area (Å²) in [6.45, 7) is 0.423. The number of nitrogens with one attached hydrogen (secondary N) is 1. The van der Waals surface area contributed by atoms with Crippen LogP contribution in [0.1, 0.15) is 5.56 Å². The zero-order chi connectivity index (χ0) is 8.27. The molecule has 0 aromatic heterocycles. The van der Waals surface area contributed by atoms with Crippen molar-refractivity contribution < 1.29 is 4.39 Å². The van der Waals surface area contributed by atoms with Crippen LogP contribution in [0.4, 0.5) is 4.39 Å². The first kappa shape index (κ1) is 8.97. The molecule has 0 bridgehead atoms. The molecule has 4 heteroatoms. The van der Waals surface area contributed by atoms with Crippen LogP contribution in [0.15, 0.2) is 18.2 Å². The smallest absolute Gasteiger partial charge is 0.146 e. The first-order chi connectivity index (χ1) is 5.25. The quantitative estimate of drug-likeness (QED) is 0.781. The summed E-state index contributed by atoms with van der Waals surface area (Å²) in [6.07, 6.45) is 0. The molecule has 0 heterocycles. The highest BCUT2D eigenvalue weighted by Gasteiger charge is 2.03. The van der Waals surface area contributed by atoms with E-state index < -0.39 is 0 Å². The minimum Gasteiger partial charge on any atom is -0.251 e. The van der Waals surface area contributed by atoms with Crippen LogP contribution < -0.4 is 4.34 Å². The number of benzene rings is 1. The Labute approximate surface area is 77.9 Å². The second-order valence-electron chi connectivity index (χ2n) is 2.02. The van der Waals surface area contributed by atoms with E-state index in [4.69, 9.17) is 11.6 Å². The van der Waals surface area contributed by atoms with E-state index in [0.29, 0.717) is 12.1 Å². The molecule has 1 N–H and O–H groups in total. The zero-order valence-electron chi connectivity index (χ0n) is 5.57. The van der Waals surface area contributed by atoms with E-state index >= 15 is 0 Å². The second kappa shape index (κ2) is 4.04. The summed E-state index contributed by atoms with van der Waals surface area (Å²) in [5.41, 5.74) is 0.550. The summed E-state index contributed by atoms with van der Waals surface area (Å²) in [6, 6.07) is 4.91. The zero-order valence-corrected chi connectivity index (χ0v) is 7.91. The number of rotatable bonds is 2. The lowest BCUT2D eigenvalue weighted by Gasteiger charge is -2.01. The van der Waals surface area contributed by atoms with Gasteiger partial charge in [-0.15, -0.1) is 0 Å². The maximum Gasteiger partial charge on any atom is 0.146 e. The number of hydrogen-bond donors (Lipinski definition) is 1. The Morgan fingerprint density at radius 3 is 2.91 bits per heavy atom. The Bertz CT molecular complexity index is 254. The summed E-state index contributed by atoms with van der Waals surface area (Å²) in [4.78, 5) is 0. The molecule has 1 aromatic rings. The lowest BCUT2D eigenvalue weighted by molar-refractivity contribution is 0.609. The van der Waals surface area contributed by atoms with Crippen molar-refractivity contribution in [1.82, 2.24) is 4.34 Å². The molecule has 0 atom stereocenters. The van der Waals surface area contributed by atoms with Crippen molar-refractivity contribution in [2.45, 2.75) is 6.54 Å². The van der Waals surface area contributed by atoms with Crippen molar-refractivity contribution in [2.75, 3.05) is 0 Å². The van der Waals surface area contributed by atoms with Crippen LogP contribution in [-0.2, 0) is 6.54 Å². The monoisotopic (exact) mass is 237 g/mol. The van der Waals surface area contributed by atoms with Gasteiger partial charge in [0.05, 0.1) is 5.02 Å². The lowest BCUT2D eigenvalue weighted by Crippen LogP contribution is -2.00. The second-order valence-corrected chi connectivity index (χ2v) is 2.99. The average molecular weight is 238 g/mol. The molecule has 0 spiro atoms. The van der Waals surface area contributed by atoms with Crippen molar-refractivity contribution in [1.29, 1.82) is 0 Å². The fourth-order valence-electron chi connectivity index (χ4n) is 0.757. The van der Waals surface area contributed by atoms with Crippen LogP contribution >= 0.6 is 27.7 Å². The molecule has 0 radical (unpaired) electrons. The maximum atomic E-state index is 13.0. The molecule has 0 aliphatic heterocycles. The molecule has 0 aliphatic carbocycles. The molecule has 1 aromatic carbocycles. The van der Waals surface area contributed by atoms with E-state index in [1.807, 2.05) is 0 Å². The molecular weight excluding hydrogens is 232 g/mol. The van der Waals surface area contributed by atoms with Crippen LogP contribution in [-0.4, -0.2) is 0 Å². The molecule has 1 rings (SSSR count). The third-order valence-corrected chi connectivity index (χ3v) is 1.86. The normalized spacial score (nSPS) is 10.1. The van der Waals surface area contributed by atoms with Crippen molar-refractivity contribution in [3.05, 3.63) is 34.6 Å². The van der Waals surface area contributed by atoms with E-state index in [1.165, 1.54) is 6.07 Å². The fraction of sp³-hybridized carbons (Fsp3) is 0.143. The highest BCUT2D eigenvalue weighted by Crippen LogP contribution is 2.17. The van der Waals surface area contributed by atoms with Gasteiger partial charge in [-0.3, -0.25) is 4.34 Å². The molecule has 60 valence electrons. The summed E-state index contributed by atoms with van der Waals surface area (Å²) in [7, 11) is 0. The molecular formula is C7H6BrClFN. The van der Waals surface area contributed by atoms with Crippen LogP contribution in [0.5, 0.6) is 0 Å². The van der Waals surface area contributed by atoms with Gasteiger partial charge < -0.3 is 0 Å². The summed E-state index contributed by atoms with van der Waals surface area (Å²) in [5.74, 6) is -0.360. The molecule has 11 heavy (non-hydrogen) atoms. The van der Waals surface area contributed by atoms with Gasteiger partial charge in [-0.2, -0.15) is 0 Å². The third kappa shape index (κ3) is 2.15. The molecule has 1 nitrogen and oxygen atoms in total. The molecule has 0 aliphatic rings. The van der Waals surface area contributed by atoms with Crippen molar-refractivity contribution in [3.63, 3.8) is 0 Å². The van der Waals surface area contributed by atoms with E-state index in [2.05, 4.69) is 20.5 Å². The van der Waals surface area contributed by atoms with Crippen molar-refractivity contribution in [2.24, 2.45) is 0 Å². The van der Waals surface area contributed by atoms with E-state index in [0.717, 1.165) is 0 Å². The summed E-state index contributed by atoms with van der Waals surface area (Å²) in [5, 5.41) is 0.158. The van der Waals surface area contributed by atoms with Gasteiger partial charge in [0, 0.05) is 28.3 Å². The minimum absolute atomic E-state index is 0.158. The Kier molecular flexibility index (Phi) is 3.30. The van der Waals surface area contributed by atoms with Crippen LogP contribution in [0.3, 0.4) is 0 Å². The molecule has 0 saturated heterocycles. The maximum absolute atomic E-state index is 13.0. The molecule has 0 unspecified atom stereocenters. The predicted molar refractivity (Wildman–Crippen MR) is 47.2 cm³/mol. The standard InChI is InChI=1S/C7H6BrClFN/c8-11-4-5-2-1-3-6(9)7(5)10/h1-3,11H,4H2. The van der Waals surface area contributed by atoms with Crippen LogP contribution in [0, 0.1) is 5.82 Å². The summed E-state index contributed by atoms with van der Waals surface area (Å²) < 4.78 is 15.7. The SMILES string of the molecule is Fc1c(Cl)cccc1CNBr. The van der Waals surface area contributed by atoms with Crippen molar-refractivity contribution in [3.8, 4) is 0 Å². The summed E-state index contributed by atoms with van der Waals surface area (Å²) >= 11 is 8.52. The number of halogens is 3. The lowest BCUT2D eigenvalue weighted by atomic mass is 10.2. The van der Waals surface area contributed by atoms with E-state index in [-0.39, 0.29) is 10.8 Å². The molecule has 0 amide bonds. The largest absolute Gasteiger partial charge is 0.251 e. The first-order valence-corrected chi connectivity index (χ1v) is 4.19. The minimum atomic E-state index is -0.360. The van der Waals surface area contributed by atoms with Crippen LogP contribution in [0.2, 0.25) is 5.02 Å². The van der Waals surface area contributed by atoms with Gasteiger partial charge in [-0.25, -0.2) is 4.39 Å². The Hall–Kier alpha value is -0.120. The van der Waals surface area contributed by atoms with Crippen molar-refractivity contribution >= 4 is 27.7 Å².